The van der Waals surface area contributed by atoms with Gasteiger partial charge in [-0.3, -0.25) is 0 Å². The lowest BCUT2D eigenvalue weighted by molar-refractivity contribution is 1.30. The molecule has 0 spiro atoms. The molecule has 0 fully saturated rings. The summed E-state index contributed by atoms with van der Waals surface area (Å²) in [6.07, 6.45) is 0. The van der Waals surface area contributed by atoms with Crippen LogP contribution in [0, 0.1) is 0 Å². The van der Waals surface area contributed by atoms with Gasteiger partial charge in [-0.05, 0) is 47.9 Å². The number of aromatic nitrogens is 3. The first-order valence-electron chi connectivity index (χ1n) is 6.75. The van der Waals surface area contributed by atoms with Crippen molar-refractivity contribution < 1.29 is 0 Å². The Morgan fingerprint density at radius 3 is 2.50 bits per heavy atom. The zero-order chi connectivity index (χ0) is 14.9. The number of fused-ring (bicyclic) bond motifs is 1. The average Bonchev–Trinajstić information content (AvgIpc) is 3.05. The highest BCUT2D eigenvalue weighted by Crippen LogP contribution is 2.26. The highest BCUT2D eigenvalue weighted by atomic mass is 35.5. The van der Waals surface area contributed by atoms with Gasteiger partial charge in [0.25, 0.3) is 0 Å². The van der Waals surface area contributed by atoms with E-state index in [2.05, 4.69) is 20.4 Å². The maximum Gasteiger partial charge on any atom is 0.173 e. The molecule has 22 heavy (non-hydrogen) atoms. The Balaban J connectivity index is 1.74. The van der Waals surface area contributed by atoms with Gasteiger partial charge < -0.3 is 0 Å². The largest absolute Gasteiger partial charge is 0.245 e. The number of hydrogen-bond acceptors (Lipinski definition) is 4. The van der Waals surface area contributed by atoms with E-state index in [1.807, 2.05) is 54.6 Å². The number of pyridine rings is 1. The monoisotopic (exact) mass is 323 g/mol. The van der Waals surface area contributed by atoms with Gasteiger partial charge in [-0.25, -0.2) is 9.97 Å². The van der Waals surface area contributed by atoms with Crippen molar-refractivity contribution >= 4 is 34.0 Å². The number of hydrogen-bond donors (Lipinski definition) is 0. The minimum atomic E-state index is 0.701. The van der Waals surface area contributed by atoms with Gasteiger partial charge in [-0.2, -0.15) is 4.37 Å². The molecule has 0 aliphatic carbocycles. The Kier molecular flexibility index (Phi) is 3.33. The van der Waals surface area contributed by atoms with Gasteiger partial charge >= 0.3 is 0 Å². The molecular weight excluding hydrogens is 314 g/mol. The number of para-hydroxylation sites is 1. The standard InChI is InChI=1S/C17H10ClN3S/c18-13-8-5-12(6-9-13)16-20-17(22-21-16)15-10-7-11-3-1-2-4-14(11)19-15/h1-10H. The first-order chi connectivity index (χ1) is 10.8. The minimum Gasteiger partial charge on any atom is -0.245 e. The topological polar surface area (TPSA) is 38.7 Å². The van der Waals surface area contributed by atoms with Crippen molar-refractivity contribution in [3.8, 4) is 22.1 Å². The highest BCUT2D eigenvalue weighted by molar-refractivity contribution is 7.09. The van der Waals surface area contributed by atoms with Crippen molar-refractivity contribution in [2.75, 3.05) is 0 Å². The minimum absolute atomic E-state index is 0.701. The molecule has 2 aromatic carbocycles. The summed E-state index contributed by atoms with van der Waals surface area (Å²) in [6.45, 7) is 0. The Morgan fingerprint density at radius 1 is 0.818 bits per heavy atom. The molecule has 3 nitrogen and oxygen atoms in total. The molecule has 0 atom stereocenters. The van der Waals surface area contributed by atoms with Crippen LogP contribution >= 0.6 is 23.1 Å². The van der Waals surface area contributed by atoms with Crippen LogP contribution in [-0.4, -0.2) is 14.3 Å². The second-order valence-electron chi connectivity index (χ2n) is 4.82. The second kappa shape index (κ2) is 5.48. The molecule has 0 saturated carbocycles. The molecular formula is C17H10ClN3S. The summed E-state index contributed by atoms with van der Waals surface area (Å²) in [4.78, 5) is 9.24. The third kappa shape index (κ3) is 2.47. The van der Waals surface area contributed by atoms with E-state index in [1.54, 1.807) is 0 Å². The molecule has 0 radical (unpaired) electrons. The van der Waals surface area contributed by atoms with E-state index in [1.165, 1.54) is 11.5 Å². The number of halogens is 1. The molecule has 2 heterocycles. The molecule has 0 aliphatic rings. The van der Waals surface area contributed by atoms with Crippen LogP contribution in [0.4, 0.5) is 0 Å². The lowest BCUT2D eigenvalue weighted by atomic mass is 10.2. The van der Waals surface area contributed by atoms with E-state index >= 15 is 0 Å². The average molecular weight is 324 g/mol. The Bertz CT molecular complexity index is 947. The molecule has 2 aromatic heterocycles. The fourth-order valence-corrected chi connectivity index (χ4v) is 3.01. The zero-order valence-electron chi connectivity index (χ0n) is 11.4. The van der Waals surface area contributed by atoms with Gasteiger partial charge in [0, 0.05) is 16.0 Å². The van der Waals surface area contributed by atoms with Crippen molar-refractivity contribution in [3.05, 3.63) is 65.7 Å². The first kappa shape index (κ1) is 13.4. The summed E-state index contributed by atoms with van der Waals surface area (Å²) in [6, 6.07) is 19.6. The van der Waals surface area contributed by atoms with Crippen molar-refractivity contribution in [3.63, 3.8) is 0 Å². The molecule has 0 bridgehead atoms. The molecule has 106 valence electrons. The summed E-state index contributed by atoms with van der Waals surface area (Å²) in [5.41, 5.74) is 2.76. The molecule has 0 N–H and O–H groups in total. The van der Waals surface area contributed by atoms with E-state index in [9.17, 15) is 0 Å². The molecule has 4 aromatic rings. The lowest BCUT2D eigenvalue weighted by Crippen LogP contribution is -1.85. The van der Waals surface area contributed by atoms with Crippen LogP contribution in [0.5, 0.6) is 0 Å². The summed E-state index contributed by atoms with van der Waals surface area (Å²) < 4.78 is 4.42. The fraction of sp³-hybridized carbons (Fsp3) is 0. The maximum absolute atomic E-state index is 5.91. The van der Waals surface area contributed by atoms with Crippen LogP contribution in [0.25, 0.3) is 33.0 Å². The zero-order valence-corrected chi connectivity index (χ0v) is 13.0. The Morgan fingerprint density at radius 2 is 1.64 bits per heavy atom. The number of nitrogens with zero attached hydrogens (tertiary/aromatic N) is 3. The SMILES string of the molecule is Clc1ccc(-c2nsc(-c3ccc4ccccc4n3)n2)cc1. The molecule has 5 heteroatoms. The van der Waals surface area contributed by atoms with Crippen LogP contribution < -0.4 is 0 Å². The van der Waals surface area contributed by atoms with Crippen LogP contribution in [0.1, 0.15) is 0 Å². The third-order valence-electron chi connectivity index (χ3n) is 3.35. The second-order valence-corrected chi connectivity index (χ2v) is 6.01. The maximum atomic E-state index is 5.91. The summed E-state index contributed by atoms with van der Waals surface area (Å²) >= 11 is 7.26. The van der Waals surface area contributed by atoms with Crippen LogP contribution in [0.2, 0.25) is 5.02 Å². The van der Waals surface area contributed by atoms with E-state index in [-0.39, 0.29) is 0 Å². The molecule has 4 rings (SSSR count). The van der Waals surface area contributed by atoms with Gasteiger partial charge in [-0.1, -0.05) is 35.9 Å². The van der Waals surface area contributed by atoms with Gasteiger partial charge in [0.1, 0.15) is 5.69 Å². The Hall–Kier alpha value is -2.30. The quantitative estimate of drug-likeness (QED) is 0.516. The highest BCUT2D eigenvalue weighted by Gasteiger charge is 2.10. The van der Waals surface area contributed by atoms with E-state index in [0.29, 0.717) is 10.8 Å². The van der Waals surface area contributed by atoms with E-state index in [4.69, 9.17) is 11.6 Å². The number of rotatable bonds is 2. The Labute approximate surface area is 136 Å². The van der Waals surface area contributed by atoms with Gasteiger partial charge in [0.05, 0.1) is 5.52 Å². The van der Waals surface area contributed by atoms with Gasteiger partial charge in [0.15, 0.2) is 10.8 Å². The lowest BCUT2D eigenvalue weighted by Gasteiger charge is -1.99. The van der Waals surface area contributed by atoms with Crippen molar-refractivity contribution in [1.82, 2.24) is 14.3 Å². The van der Waals surface area contributed by atoms with Crippen molar-refractivity contribution in [2.24, 2.45) is 0 Å². The number of benzene rings is 2. The van der Waals surface area contributed by atoms with E-state index in [0.717, 1.165) is 27.2 Å². The van der Waals surface area contributed by atoms with Crippen LogP contribution in [-0.2, 0) is 0 Å². The van der Waals surface area contributed by atoms with Gasteiger partial charge in [0.2, 0.25) is 0 Å². The normalized spacial score (nSPS) is 11.0. The van der Waals surface area contributed by atoms with Crippen LogP contribution in [0.15, 0.2) is 60.7 Å². The predicted molar refractivity (Wildman–Crippen MR) is 91.1 cm³/mol. The van der Waals surface area contributed by atoms with E-state index < -0.39 is 0 Å². The fourth-order valence-electron chi connectivity index (χ4n) is 2.23. The van der Waals surface area contributed by atoms with Crippen LogP contribution in [0.3, 0.4) is 0 Å². The molecule has 0 amide bonds. The van der Waals surface area contributed by atoms with Crippen molar-refractivity contribution in [1.29, 1.82) is 0 Å². The summed E-state index contributed by atoms with van der Waals surface area (Å²) in [7, 11) is 0. The smallest absolute Gasteiger partial charge is 0.173 e. The summed E-state index contributed by atoms with van der Waals surface area (Å²) in [5, 5.41) is 2.64. The molecule has 0 saturated heterocycles. The van der Waals surface area contributed by atoms with Gasteiger partial charge in [-0.15, -0.1) is 0 Å². The molecule has 0 unspecified atom stereocenters. The summed E-state index contributed by atoms with van der Waals surface area (Å²) in [5.74, 6) is 0.701. The molecule has 0 aliphatic heterocycles. The van der Waals surface area contributed by atoms with Crippen molar-refractivity contribution in [2.45, 2.75) is 0 Å². The first-order valence-corrected chi connectivity index (χ1v) is 7.90. The predicted octanol–water partition coefficient (Wildman–Crippen LogP) is 5.07. The third-order valence-corrected chi connectivity index (χ3v) is 4.34.